The molecule has 7 atom stereocenters. The lowest BCUT2D eigenvalue weighted by Crippen LogP contribution is -2.55. The highest BCUT2D eigenvalue weighted by molar-refractivity contribution is 5.13. The van der Waals surface area contributed by atoms with Gasteiger partial charge in [-0.15, -0.1) is 0 Å². The number of fused-ring (bicyclic) bond motifs is 5. The molecule has 3 heteroatoms. The van der Waals surface area contributed by atoms with E-state index in [-0.39, 0.29) is 12.0 Å². The Morgan fingerprint density at radius 2 is 1.69 bits per heavy atom. The molecule has 3 saturated carbocycles. The Hall–Kier alpha value is -0.380. The summed E-state index contributed by atoms with van der Waals surface area (Å²) in [4.78, 5) is 0. The average molecular weight is 361 g/mol. The molecule has 146 valence electrons. The van der Waals surface area contributed by atoms with Crippen LogP contribution in [-0.4, -0.2) is 30.7 Å². The summed E-state index contributed by atoms with van der Waals surface area (Å²) in [6, 6.07) is 0. The van der Waals surface area contributed by atoms with Crippen molar-refractivity contribution in [3.05, 3.63) is 12.2 Å². The van der Waals surface area contributed by atoms with Crippen LogP contribution in [0, 0.1) is 40.4 Å². The molecular weight excluding hydrogens is 324 g/mol. The van der Waals surface area contributed by atoms with Crippen LogP contribution in [0.4, 0.5) is 0 Å². The summed E-state index contributed by atoms with van der Waals surface area (Å²) in [6.07, 6.45) is 15.4. The van der Waals surface area contributed by atoms with Gasteiger partial charge in [0.15, 0.2) is 5.79 Å². The fourth-order valence-electron chi connectivity index (χ4n) is 8.43. The maximum Gasteiger partial charge on any atom is 0.195 e. The zero-order chi connectivity index (χ0) is 18.0. The Morgan fingerprint density at radius 1 is 0.923 bits per heavy atom. The van der Waals surface area contributed by atoms with Gasteiger partial charge in [-0.1, -0.05) is 26.0 Å². The van der Waals surface area contributed by atoms with E-state index < -0.39 is 5.79 Å². The topological polar surface area (TPSA) is 38.7 Å². The van der Waals surface area contributed by atoms with Crippen LogP contribution in [0.1, 0.15) is 65.2 Å². The molecule has 0 aromatic rings. The van der Waals surface area contributed by atoms with Gasteiger partial charge >= 0.3 is 0 Å². The van der Waals surface area contributed by atoms with E-state index in [2.05, 4.69) is 26.0 Å². The van der Waals surface area contributed by atoms with Gasteiger partial charge in [0.05, 0.1) is 19.8 Å². The SMILES string of the molecule is C[C@]12CC=CC[C@@H]1CC[C@@H]1[C@@H]2CC[C@]2(C)[C@@H](C3(CO)OCCO3)CC[C@@H]12. The Balaban J connectivity index is 1.44. The van der Waals surface area contributed by atoms with E-state index in [0.717, 1.165) is 30.1 Å². The molecule has 1 aliphatic heterocycles. The standard InChI is InChI=1S/C23H36O3/c1-21-11-4-3-5-16(21)6-7-17-18-8-9-20(22(18,2)12-10-19(17)21)23(15-24)25-13-14-26-23/h3-4,16-20,24H,5-15H2,1-2H3/t16-,17+,18+,19+,20+,21+,22+/m1/s1. The van der Waals surface area contributed by atoms with Crippen molar-refractivity contribution in [3.63, 3.8) is 0 Å². The highest BCUT2D eigenvalue weighted by Crippen LogP contribution is 2.68. The van der Waals surface area contributed by atoms with Crippen molar-refractivity contribution in [2.75, 3.05) is 19.8 Å². The van der Waals surface area contributed by atoms with Crippen LogP contribution >= 0.6 is 0 Å². The molecule has 1 N–H and O–H groups in total. The van der Waals surface area contributed by atoms with Crippen LogP contribution in [0.2, 0.25) is 0 Å². The average Bonchev–Trinajstić information content (AvgIpc) is 3.25. The summed E-state index contributed by atoms with van der Waals surface area (Å²) in [7, 11) is 0. The van der Waals surface area contributed by atoms with Gasteiger partial charge in [-0.2, -0.15) is 0 Å². The molecule has 0 spiro atoms. The van der Waals surface area contributed by atoms with Crippen molar-refractivity contribution in [2.24, 2.45) is 40.4 Å². The summed E-state index contributed by atoms with van der Waals surface area (Å²) in [5, 5.41) is 10.2. The summed E-state index contributed by atoms with van der Waals surface area (Å²) >= 11 is 0. The van der Waals surface area contributed by atoms with E-state index in [1.807, 2.05) is 0 Å². The summed E-state index contributed by atoms with van der Waals surface area (Å²) < 4.78 is 12.1. The highest BCUT2D eigenvalue weighted by atomic mass is 16.7. The van der Waals surface area contributed by atoms with E-state index in [4.69, 9.17) is 9.47 Å². The maximum atomic E-state index is 10.2. The number of allylic oxidation sites excluding steroid dienone is 2. The number of aliphatic hydroxyl groups excluding tert-OH is 1. The second-order valence-electron chi connectivity index (χ2n) is 10.4. The molecule has 0 bridgehead atoms. The van der Waals surface area contributed by atoms with Gasteiger partial charge in [0.2, 0.25) is 0 Å². The van der Waals surface area contributed by atoms with E-state index in [0.29, 0.717) is 24.5 Å². The van der Waals surface area contributed by atoms with Crippen LogP contribution in [-0.2, 0) is 9.47 Å². The fraction of sp³-hybridized carbons (Fsp3) is 0.913. The quantitative estimate of drug-likeness (QED) is 0.735. The van der Waals surface area contributed by atoms with Gasteiger partial charge in [-0.3, -0.25) is 0 Å². The van der Waals surface area contributed by atoms with Gasteiger partial charge in [0.1, 0.15) is 0 Å². The van der Waals surface area contributed by atoms with Gasteiger partial charge in [-0.05, 0) is 85.9 Å². The number of ether oxygens (including phenoxy) is 2. The van der Waals surface area contributed by atoms with Gasteiger partial charge < -0.3 is 14.6 Å². The molecule has 1 heterocycles. The molecule has 1 saturated heterocycles. The van der Waals surface area contributed by atoms with Crippen molar-refractivity contribution in [1.29, 1.82) is 0 Å². The van der Waals surface area contributed by atoms with E-state index in [1.165, 1.54) is 44.9 Å². The van der Waals surface area contributed by atoms with Crippen molar-refractivity contribution >= 4 is 0 Å². The van der Waals surface area contributed by atoms with Crippen LogP contribution in [0.3, 0.4) is 0 Å². The van der Waals surface area contributed by atoms with Crippen molar-refractivity contribution in [3.8, 4) is 0 Å². The molecule has 5 rings (SSSR count). The minimum Gasteiger partial charge on any atom is -0.391 e. The summed E-state index contributed by atoms with van der Waals surface area (Å²) in [5.74, 6) is 3.07. The molecule has 0 aromatic carbocycles. The Morgan fingerprint density at radius 3 is 2.46 bits per heavy atom. The number of aliphatic hydroxyl groups is 1. The second kappa shape index (κ2) is 6.06. The maximum absolute atomic E-state index is 10.2. The third-order valence-electron chi connectivity index (χ3n) is 9.74. The van der Waals surface area contributed by atoms with Crippen LogP contribution in [0.25, 0.3) is 0 Å². The van der Waals surface area contributed by atoms with E-state index >= 15 is 0 Å². The normalized spacial score (nSPS) is 52.3. The molecule has 0 amide bonds. The second-order valence-corrected chi connectivity index (χ2v) is 10.4. The summed E-state index contributed by atoms with van der Waals surface area (Å²) in [6.45, 7) is 6.39. The number of hydrogen-bond donors (Lipinski definition) is 1. The lowest BCUT2D eigenvalue weighted by molar-refractivity contribution is -0.246. The van der Waals surface area contributed by atoms with Crippen molar-refractivity contribution in [2.45, 2.75) is 71.0 Å². The number of hydrogen-bond acceptors (Lipinski definition) is 3. The first-order valence-corrected chi connectivity index (χ1v) is 11.1. The summed E-state index contributed by atoms with van der Waals surface area (Å²) in [5.41, 5.74) is 0.786. The van der Waals surface area contributed by atoms with Crippen LogP contribution in [0.15, 0.2) is 12.2 Å². The first-order chi connectivity index (χ1) is 12.5. The molecular formula is C23H36O3. The zero-order valence-corrected chi connectivity index (χ0v) is 16.6. The van der Waals surface area contributed by atoms with Crippen LogP contribution < -0.4 is 0 Å². The van der Waals surface area contributed by atoms with E-state index in [9.17, 15) is 5.11 Å². The predicted molar refractivity (Wildman–Crippen MR) is 101 cm³/mol. The van der Waals surface area contributed by atoms with Gasteiger partial charge in [0, 0.05) is 5.92 Å². The lowest BCUT2D eigenvalue weighted by atomic mass is 9.45. The monoisotopic (exact) mass is 360 g/mol. The van der Waals surface area contributed by atoms with Gasteiger partial charge in [-0.25, -0.2) is 0 Å². The van der Waals surface area contributed by atoms with Crippen molar-refractivity contribution in [1.82, 2.24) is 0 Å². The largest absolute Gasteiger partial charge is 0.391 e. The van der Waals surface area contributed by atoms with Crippen molar-refractivity contribution < 1.29 is 14.6 Å². The molecule has 0 radical (unpaired) electrons. The molecule has 0 aromatic heterocycles. The fourth-order valence-corrected chi connectivity index (χ4v) is 8.43. The first kappa shape index (κ1) is 17.7. The molecule has 5 aliphatic rings. The van der Waals surface area contributed by atoms with E-state index in [1.54, 1.807) is 0 Å². The third-order valence-corrected chi connectivity index (χ3v) is 9.74. The molecule has 4 fully saturated rings. The molecule has 0 unspecified atom stereocenters. The predicted octanol–water partition coefficient (Wildman–Crippen LogP) is 4.55. The zero-order valence-electron chi connectivity index (χ0n) is 16.6. The third kappa shape index (κ3) is 2.23. The Kier molecular flexibility index (Phi) is 4.12. The Labute approximate surface area is 158 Å². The first-order valence-electron chi connectivity index (χ1n) is 11.1. The lowest BCUT2D eigenvalue weighted by Gasteiger charge is -2.60. The molecule has 4 aliphatic carbocycles. The molecule has 26 heavy (non-hydrogen) atoms. The molecule has 3 nitrogen and oxygen atoms in total. The van der Waals surface area contributed by atoms with Gasteiger partial charge in [0.25, 0.3) is 0 Å². The number of rotatable bonds is 2. The Bertz CT molecular complexity index is 580. The van der Waals surface area contributed by atoms with Crippen LogP contribution in [0.5, 0.6) is 0 Å². The highest BCUT2D eigenvalue weighted by Gasteiger charge is 2.64. The smallest absolute Gasteiger partial charge is 0.195 e. The minimum atomic E-state index is -0.717. The minimum absolute atomic E-state index is 0.0126.